The Morgan fingerprint density at radius 2 is 1.85 bits per heavy atom. The summed E-state index contributed by atoms with van der Waals surface area (Å²) in [5, 5.41) is 6.69. The summed E-state index contributed by atoms with van der Waals surface area (Å²) in [6, 6.07) is 8.54. The molecule has 136 valence electrons. The van der Waals surface area contributed by atoms with Gasteiger partial charge in [-0.2, -0.15) is 8.78 Å². The normalized spacial score (nSPS) is 11.7. The van der Waals surface area contributed by atoms with Crippen molar-refractivity contribution in [3.63, 3.8) is 0 Å². The molecule has 8 nitrogen and oxygen atoms in total. The van der Waals surface area contributed by atoms with Crippen LogP contribution in [-0.4, -0.2) is 34.8 Å². The predicted octanol–water partition coefficient (Wildman–Crippen LogP) is 2.43. The van der Waals surface area contributed by atoms with Crippen molar-refractivity contribution < 1.29 is 21.6 Å². The third-order valence-corrected chi connectivity index (χ3v) is 4.44. The molecule has 2 aromatic heterocycles. The van der Waals surface area contributed by atoms with Gasteiger partial charge in [0.2, 0.25) is 10.0 Å². The maximum absolute atomic E-state index is 12.5. The number of para-hydroxylation sites is 1. The van der Waals surface area contributed by atoms with Gasteiger partial charge in [-0.3, -0.25) is 9.29 Å². The van der Waals surface area contributed by atoms with Crippen LogP contribution in [0.1, 0.15) is 18.0 Å². The van der Waals surface area contributed by atoms with E-state index >= 15 is 0 Å². The molecule has 0 amide bonds. The third-order valence-electron chi connectivity index (χ3n) is 3.30. The number of aromatic nitrogens is 4. The summed E-state index contributed by atoms with van der Waals surface area (Å²) < 4.78 is 55.1. The van der Waals surface area contributed by atoms with Crippen LogP contribution in [0.3, 0.4) is 0 Å². The van der Waals surface area contributed by atoms with Crippen LogP contribution in [0.2, 0.25) is 0 Å². The Kier molecular flexibility index (Phi) is 4.89. The highest BCUT2D eigenvalue weighted by atomic mass is 32.2. The van der Waals surface area contributed by atoms with E-state index in [0.29, 0.717) is 11.4 Å². The molecule has 0 aliphatic carbocycles. The SMILES string of the molecule is CS(=O)(=O)N(Cc1cnc(-c2nnc(C(F)F)o2)cn1)c1ccccc1. The number of sulfonamides is 1. The Morgan fingerprint density at radius 1 is 1.12 bits per heavy atom. The van der Waals surface area contributed by atoms with Crippen molar-refractivity contribution in [2.24, 2.45) is 0 Å². The molecule has 3 rings (SSSR count). The number of anilines is 1. The van der Waals surface area contributed by atoms with E-state index in [4.69, 9.17) is 4.42 Å². The average molecular weight is 381 g/mol. The van der Waals surface area contributed by atoms with E-state index in [9.17, 15) is 17.2 Å². The molecule has 0 aliphatic heterocycles. The van der Waals surface area contributed by atoms with Gasteiger partial charge in [0.15, 0.2) is 0 Å². The molecule has 0 fully saturated rings. The lowest BCUT2D eigenvalue weighted by Gasteiger charge is -2.21. The Morgan fingerprint density at radius 3 is 2.38 bits per heavy atom. The highest BCUT2D eigenvalue weighted by Gasteiger charge is 2.20. The van der Waals surface area contributed by atoms with Crippen LogP contribution in [0.15, 0.2) is 47.1 Å². The molecule has 11 heteroatoms. The van der Waals surface area contributed by atoms with Gasteiger partial charge in [-0.05, 0) is 12.1 Å². The maximum Gasteiger partial charge on any atom is 0.314 e. The minimum absolute atomic E-state index is 0.0394. The zero-order valence-electron chi connectivity index (χ0n) is 13.5. The van der Waals surface area contributed by atoms with Gasteiger partial charge in [0.25, 0.3) is 11.8 Å². The highest BCUT2D eigenvalue weighted by molar-refractivity contribution is 7.92. The second kappa shape index (κ2) is 7.12. The molecule has 0 unspecified atom stereocenters. The quantitative estimate of drug-likeness (QED) is 0.646. The van der Waals surface area contributed by atoms with Gasteiger partial charge in [0.1, 0.15) is 5.69 Å². The lowest BCUT2D eigenvalue weighted by Crippen LogP contribution is -2.29. The minimum atomic E-state index is -3.54. The number of halogens is 2. The van der Waals surface area contributed by atoms with Crippen molar-refractivity contribution in [2.45, 2.75) is 13.0 Å². The van der Waals surface area contributed by atoms with E-state index in [1.165, 1.54) is 16.7 Å². The smallest absolute Gasteiger partial charge is 0.314 e. The summed E-state index contributed by atoms with van der Waals surface area (Å²) in [6.07, 6.45) is 0.788. The van der Waals surface area contributed by atoms with E-state index in [1.54, 1.807) is 30.3 Å². The average Bonchev–Trinajstić information content (AvgIpc) is 3.10. The van der Waals surface area contributed by atoms with E-state index in [2.05, 4.69) is 20.2 Å². The molecule has 0 spiro atoms. The fraction of sp³-hybridized carbons (Fsp3) is 0.200. The number of benzene rings is 1. The van der Waals surface area contributed by atoms with Gasteiger partial charge < -0.3 is 4.42 Å². The predicted molar refractivity (Wildman–Crippen MR) is 87.7 cm³/mol. The largest absolute Gasteiger partial charge is 0.414 e. The Hall–Kier alpha value is -2.95. The van der Waals surface area contributed by atoms with Gasteiger partial charge >= 0.3 is 6.43 Å². The Balaban J connectivity index is 1.83. The van der Waals surface area contributed by atoms with Gasteiger partial charge in [-0.15, -0.1) is 10.2 Å². The van der Waals surface area contributed by atoms with Gasteiger partial charge in [0.05, 0.1) is 36.6 Å². The molecule has 2 heterocycles. The van der Waals surface area contributed by atoms with Crippen LogP contribution in [0.4, 0.5) is 14.5 Å². The fourth-order valence-electron chi connectivity index (χ4n) is 2.11. The third kappa shape index (κ3) is 3.99. The molecule has 0 atom stereocenters. The van der Waals surface area contributed by atoms with Crippen molar-refractivity contribution in [2.75, 3.05) is 10.6 Å². The molecular weight excluding hydrogens is 368 g/mol. The van der Waals surface area contributed by atoms with Crippen LogP contribution in [0.25, 0.3) is 11.6 Å². The minimum Gasteiger partial charge on any atom is -0.414 e. The first kappa shape index (κ1) is 17.9. The van der Waals surface area contributed by atoms with E-state index < -0.39 is 22.3 Å². The van der Waals surface area contributed by atoms with Crippen molar-refractivity contribution in [1.29, 1.82) is 0 Å². The lowest BCUT2D eigenvalue weighted by molar-refractivity contribution is 0.116. The zero-order valence-corrected chi connectivity index (χ0v) is 14.3. The molecule has 3 aromatic rings. The summed E-state index contributed by atoms with van der Waals surface area (Å²) in [5.41, 5.74) is 0.953. The van der Waals surface area contributed by atoms with Gasteiger partial charge in [-0.25, -0.2) is 13.4 Å². The first-order valence-electron chi connectivity index (χ1n) is 7.30. The second-order valence-corrected chi connectivity index (χ2v) is 7.15. The fourth-order valence-corrected chi connectivity index (χ4v) is 2.99. The van der Waals surface area contributed by atoms with Crippen LogP contribution in [0, 0.1) is 0 Å². The van der Waals surface area contributed by atoms with E-state index in [0.717, 1.165) is 6.26 Å². The van der Waals surface area contributed by atoms with Crippen molar-refractivity contribution >= 4 is 15.7 Å². The first-order chi connectivity index (χ1) is 12.3. The number of alkyl halides is 2. The molecule has 0 aliphatic rings. The second-order valence-electron chi connectivity index (χ2n) is 5.24. The summed E-state index contributed by atoms with van der Waals surface area (Å²) in [7, 11) is -3.54. The summed E-state index contributed by atoms with van der Waals surface area (Å²) in [6.45, 7) is -0.0394. The summed E-state index contributed by atoms with van der Waals surface area (Å²) >= 11 is 0. The first-order valence-corrected chi connectivity index (χ1v) is 9.15. The number of rotatable bonds is 6. The topological polar surface area (TPSA) is 102 Å². The molecular formula is C15H13F2N5O3S. The molecule has 0 saturated carbocycles. The van der Waals surface area contributed by atoms with E-state index in [1.807, 2.05) is 0 Å². The zero-order chi connectivity index (χ0) is 18.7. The molecule has 0 radical (unpaired) electrons. The van der Waals surface area contributed by atoms with E-state index in [-0.39, 0.29) is 18.1 Å². The molecule has 26 heavy (non-hydrogen) atoms. The maximum atomic E-state index is 12.5. The van der Waals surface area contributed by atoms with Crippen molar-refractivity contribution in [3.8, 4) is 11.6 Å². The Labute approximate surface area is 147 Å². The lowest BCUT2D eigenvalue weighted by atomic mass is 10.3. The number of hydrogen-bond donors (Lipinski definition) is 0. The van der Waals surface area contributed by atoms with Gasteiger partial charge in [-0.1, -0.05) is 18.2 Å². The van der Waals surface area contributed by atoms with Crippen LogP contribution in [-0.2, 0) is 16.6 Å². The molecule has 1 aromatic carbocycles. The molecule has 0 N–H and O–H groups in total. The highest BCUT2D eigenvalue weighted by Crippen LogP contribution is 2.22. The van der Waals surface area contributed by atoms with Crippen LogP contribution in [0.5, 0.6) is 0 Å². The van der Waals surface area contributed by atoms with Crippen LogP contribution >= 0.6 is 0 Å². The Bertz CT molecular complexity index is 978. The summed E-state index contributed by atoms with van der Waals surface area (Å²) in [4.78, 5) is 8.13. The number of nitrogens with zero attached hydrogens (tertiary/aromatic N) is 5. The van der Waals surface area contributed by atoms with Crippen molar-refractivity contribution in [1.82, 2.24) is 20.2 Å². The number of hydrogen-bond acceptors (Lipinski definition) is 7. The molecule has 0 bridgehead atoms. The van der Waals surface area contributed by atoms with Crippen molar-refractivity contribution in [3.05, 3.63) is 54.3 Å². The standard InChI is InChI=1S/C15H13F2N5O3S/c1-26(23,24)22(11-5-3-2-4-6-11)9-10-7-19-12(8-18-10)14-20-21-15(25-14)13(16)17/h2-8,13H,9H2,1H3. The molecule has 0 saturated heterocycles. The van der Waals surface area contributed by atoms with Crippen LogP contribution < -0.4 is 4.31 Å². The summed E-state index contributed by atoms with van der Waals surface area (Å²) in [5.74, 6) is -0.999. The monoisotopic (exact) mass is 381 g/mol. The van der Waals surface area contributed by atoms with Gasteiger partial charge in [0, 0.05) is 0 Å².